The number of fused-ring (bicyclic) bond motifs is 25. The van der Waals surface area contributed by atoms with Gasteiger partial charge in [-0.15, -0.1) is 0 Å². The van der Waals surface area contributed by atoms with Crippen molar-refractivity contribution in [1.82, 2.24) is 0 Å². The summed E-state index contributed by atoms with van der Waals surface area (Å²) in [6.07, 6.45) is 0. The van der Waals surface area contributed by atoms with Crippen LogP contribution in [0.1, 0.15) is 73.1 Å². The molecule has 0 bridgehead atoms. The maximum Gasteiger partial charge on any atom is 1.00 e. The average molecular weight is 1790 g/mol. The van der Waals surface area contributed by atoms with Crippen molar-refractivity contribution in [2.24, 2.45) is 0 Å². The molecule has 0 aliphatic rings. The van der Waals surface area contributed by atoms with Crippen LogP contribution in [0.5, 0.6) is 11.5 Å². The quantitative estimate of drug-likeness (QED) is 0.131. The Morgan fingerprint density at radius 2 is 0.588 bits per heavy atom. The van der Waals surface area contributed by atoms with Gasteiger partial charge in [-0.3, -0.25) is 0 Å². The zero-order valence-corrected chi connectivity index (χ0v) is 76.5. The van der Waals surface area contributed by atoms with E-state index in [0.717, 1.165) is 120 Å². The molecule has 0 fully saturated rings. The minimum absolute atomic E-state index is 0. The summed E-state index contributed by atoms with van der Waals surface area (Å²) in [5, 5.41) is 42.7. The van der Waals surface area contributed by atoms with E-state index in [0.29, 0.717) is 16.6 Å². The fourth-order valence-electron chi connectivity index (χ4n) is 17.1. The second-order valence-electron chi connectivity index (χ2n) is 30.5. The molecule has 0 unspecified atom stereocenters. The van der Waals surface area contributed by atoms with Crippen molar-refractivity contribution in [3.8, 4) is 33.8 Å². The molecule has 22 rings (SSSR count). The number of phenolic OH excluding ortho intramolecular Hbond substituents is 2. The van der Waals surface area contributed by atoms with Gasteiger partial charge in [0.15, 0.2) is 7.38 Å². The standard InChI is InChI=1S/C23H16O.C22H14O2.C17H11BrO.C17H12O.C16H10O2.C9H21ClSi.2CH4.BH.Cs.FH/c1-15-11-13-19(16-7-3-2-4-8-16)23-21(15)20-14-12-17-9-5-6-10-18(17)22(20)24-23;23-19-13-12-17(14-6-2-1-3-7-14)22-20(19)18-11-10-15-8-4-5-9-16(15)21(18)24-22;1-10-6-9-14(18)17-15(10)13-8-7-11-4-2-3-5-12(11)16(13)19-17;1-11-5-4-8-15-16(11)14-10-9-12-6-2-3-7-13(12)17(14)18-15;17-13-6-3-7-14-15(13)12-9-8-10-4-1-2-5-11(10)16(12)18-14;1-7(2)11(10,8(3)4)9(5)6;;;;;/h2-14H,1H3;1-13,23H;2-9H,1H3;2-10H,1H3;1-9,17H;7-9H,1-6H3;2*1H4;1H;;1H/q;;;;;;;;;+1;/p-1/i;;;;;;;;1D;;. The third-order valence-electron chi connectivity index (χ3n) is 22.7. The number of hydrogen-bond donors (Lipinski definition) is 2. The van der Waals surface area contributed by atoms with Gasteiger partial charge in [0.05, 0.1) is 15.2 Å². The molecule has 17 aromatic carbocycles. The molecular formula is C106H93BBrClCsFO7Si. The minimum Gasteiger partial charge on any atom is -1.00 e. The summed E-state index contributed by atoms with van der Waals surface area (Å²) in [5.74, 6) is 0.514. The Hall–Kier alpha value is -10.3. The normalized spacial score (nSPS) is 11.3. The number of rotatable bonds is 5. The maximum atomic E-state index is 10.4. The van der Waals surface area contributed by atoms with Gasteiger partial charge in [0.25, 0.3) is 0 Å². The minimum atomic E-state index is -1.51. The Labute approximate surface area is 769 Å². The Bertz CT molecular complexity index is 7050. The van der Waals surface area contributed by atoms with E-state index in [1.54, 1.807) is 18.2 Å². The molecule has 0 amide bonds. The molecule has 13 heteroatoms. The van der Waals surface area contributed by atoms with Gasteiger partial charge in [-0.2, -0.15) is 11.1 Å². The third-order valence-corrected chi connectivity index (χ3v) is 32.5. The van der Waals surface area contributed by atoms with Crippen LogP contribution in [-0.4, -0.2) is 27.3 Å². The molecular weight excluding hydrogens is 1690 g/mol. The Kier molecular flexibility index (Phi) is 27.0. The number of halogens is 3. The summed E-state index contributed by atoms with van der Waals surface area (Å²) in [5.41, 5.74) is 19.2. The molecule has 0 spiro atoms. The van der Waals surface area contributed by atoms with Crippen LogP contribution in [0, 0.1) is 20.8 Å². The average Bonchev–Trinajstić information content (AvgIpc) is 1.59. The smallest absolute Gasteiger partial charge is 1.00 e. The van der Waals surface area contributed by atoms with Gasteiger partial charge in [0.2, 0.25) is 0 Å². The number of furan rings is 5. The first-order valence-electron chi connectivity index (χ1n) is 39.5. The van der Waals surface area contributed by atoms with Crippen LogP contribution in [0.3, 0.4) is 0 Å². The van der Waals surface area contributed by atoms with E-state index in [4.69, 9.17) is 34.5 Å². The largest absolute Gasteiger partial charge is 1.00 e. The molecule has 0 aliphatic heterocycles. The van der Waals surface area contributed by atoms with Crippen LogP contribution in [0.15, 0.2) is 342 Å². The Balaban J connectivity index is 0.000000132. The predicted octanol–water partition coefficient (Wildman–Crippen LogP) is 27.2. The molecule has 22 aromatic rings. The number of benzene rings is 17. The molecule has 119 heavy (non-hydrogen) atoms. The first-order chi connectivity index (χ1) is 56.4. The van der Waals surface area contributed by atoms with Gasteiger partial charge in [0.1, 0.15) is 67.3 Å². The SMILES string of the molecule is C.C.CC(C)[Si](Cl)(C(C)C)C(C)C.Cc1ccc(-c2ccccc2)c2oc3c4ccccc4ccc3c12.Cc1ccc(Br)c2oc3c4ccccc4ccc3c12.Cc1cccc2oc3c4ccccc4ccc3c12.Oc1ccc(-c2ccccc2)c2oc3c4ccccc4ccc3c12.Oc1cccc2oc3c4ccccc4ccc3c12.[2H][B].[Cs+].[F-]. The van der Waals surface area contributed by atoms with Gasteiger partial charge < -0.3 is 37.0 Å². The molecule has 0 saturated carbocycles. The summed E-state index contributed by atoms with van der Waals surface area (Å²) in [4.78, 5) is 0. The Morgan fingerprint density at radius 3 is 0.992 bits per heavy atom. The molecule has 0 saturated heterocycles. The van der Waals surface area contributed by atoms with Crippen molar-refractivity contribution in [3.05, 3.63) is 337 Å². The van der Waals surface area contributed by atoms with Crippen LogP contribution < -0.4 is 73.6 Å². The van der Waals surface area contributed by atoms with Gasteiger partial charge in [-0.25, -0.2) is 0 Å². The van der Waals surface area contributed by atoms with E-state index in [-0.39, 0.29) is 100.0 Å². The first-order valence-corrected chi connectivity index (χ1v) is 43.0. The van der Waals surface area contributed by atoms with E-state index in [9.17, 15) is 10.2 Å². The molecule has 2 radical (unpaired) electrons. The van der Waals surface area contributed by atoms with Gasteiger partial charge in [0, 0.05) is 89.5 Å². The molecule has 588 valence electrons. The van der Waals surface area contributed by atoms with E-state index in [1.165, 1.54) is 86.9 Å². The van der Waals surface area contributed by atoms with Crippen LogP contribution in [0.25, 0.3) is 186 Å². The molecule has 5 aromatic heterocycles. The van der Waals surface area contributed by atoms with Crippen molar-refractivity contribution in [1.29, 1.82) is 1.34 Å². The summed E-state index contributed by atoms with van der Waals surface area (Å²) in [6, 6.07) is 107. The van der Waals surface area contributed by atoms with E-state index in [1.807, 2.05) is 97.1 Å². The molecule has 2 N–H and O–H groups in total. The van der Waals surface area contributed by atoms with Crippen molar-refractivity contribution in [2.45, 2.75) is 93.8 Å². The fraction of sp³-hybridized carbons (Fsp3) is 0.132. The Morgan fingerprint density at radius 1 is 0.294 bits per heavy atom. The van der Waals surface area contributed by atoms with Gasteiger partial charge >= 0.3 is 68.9 Å². The summed E-state index contributed by atoms with van der Waals surface area (Å²) >= 11 is 10.3. The maximum absolute atomic E-state index is 10.4. The van der Waals surface area contributed by atoms with Crippen LogP contribution in [0.4, 0.5) is 0 Å². The third kappa shape index (κ3) is 16.4. The molecule has 5 heterocycles. The van der Waals surface area contributed by atoms with E-state index < -0.39 is 7.38 Å². The van der Waals surface area contributed by atoms with Gasteiger partial charge in [-0.05, 0) is 176 Å². The van der Waals surface area contributed by atoms with Crippen molar-refractivity contribution in [2.75, 3.05) is 0 Å². The number of aryl methyl sites for hydroxylation is 3. The van der Waals surface area contributed by atoms with Crippen molar-refractivity contribution < 1.29 is 106 Å². The molecule has 0 aliphatic carbocycles. The fourth-order valence-corrected chi connectivity index (χ4v) is 21.5. The summed E-state index contributed by atoms with van der Waals surface area (Å²) in [7, 11) is 2.24. The van der Waals surface area contributed by atoms with Crippen LogP contribution >= 0.6 is 27.0 Å². The summed E-state index contributed by atoms with van der Waals surface area (Å²) < 4.78 is 37.0. The molecule has 7 nitrogen and oxygen atoms in total. The van der Waals surface area contributed by atoms with Crippen LogP contribution in [-0.2, 0) is 0 Å². The van der Waals surface area contributed by atoms with E-state index in [2.05, 4.69) is 287 Å². The van der Waals surface area contributed by atoms with Crippen molar-refractivity contribution >= 4 is 206 Å². The van der Waals surface area contributed by atoms with Gasteiger partial charge in [-0.1, -0.05) is 305 Å². The number of hydrogen-bond acceptors (Lipinski definition) is 7. The van der Waals surface area contributed by atoms with Crippen LogP contribution in [0.2, 0.25) is 16.6 Å². The topological polar surface area (TPSA) is 106 Å². The molecule has 0 atom stereocenters. The number of aromatic hydroxyl groups is 2. The number of phenols is 2. The van der Waals surface area contributed by atoms with Crippen molar-refractivity contribution in [3.63, 3.8) is 0 Å². The monoisotopic (exact) mass is 1780 g/mol. The summed E-state index contributed by atoms with van der Waals surface area (Å²) in [6.45, 7) is 20.0. The first kappa shape index (κ1) is 86.5. The zero-order chi connectivity index (χ0) is 80.6. The second-order valence-corrected chi connectivity index (χ2v) is 38.4. The predicted molar refractivity (Wildman–Crippen MR) is 510 cm³/mol. The van der Waals surface area contributed by atoms with E-state index >= 15 is 0 Å². The zero-order valence-electron chi connectivity index (χ0n) is 67.9. The second kappa shape index (κ2) is 37.1.